The lowest BCUT2D eigenvalue weighted by atomic mass is 10.0. The number of carbonyl (C=O) groups excluding carboxylic acids is 1. The maximum Gasteiger partial charge on any atom is 0.271 e. The van der Waals surface area contributed by atoms with Crippen molar-refractivity contribution in [2.75, 3.05) is 37.6 Å². The van der Waals surface area contributed by atoms with Crippen molar-refractivity contribution in [2.45, 2.75) is 57.9 Å². The number of anilines is 1. The molecule has 1 aromatic heterocycles. The first kappa shape index (κ1) is 19.4. The maximum absolute atomic E-state index is 12.4. The number of hydrogen-bond acceptors (Lipinski definition) is 5. The number of piperidine rings is 1. The summed E-state index contributed by atoms with van der Waals surface area (Å²) < 4.78 is 0. The van der Waals surface area contributed by atoms with Gasteiger partial charge in [-0.2, -0.15) is 0 Å². The molecule has 1 atom stereocenters. The molecule has 26 heavy (non-hydrogen) atoms. The Morgan fingerprint density at radius 2 is 2.00 bits per heavy atom. The molecule has 2 aliphatic rings. The minimum absolute atomic E-state index is 0.204. The van der Waals surface area contributed by atoms with Gasteiger partial charge in [-0.05, 0) is 58.5 Å². The van der Waals surface area contributed by atoms with Gasteiger partial charge >= 0.3 is 0 Å². The molecule has 144 valence electrons. The van der Waals surface area contributed by atoms with E-state index in [-0.39, 0.29) is 11.6 Å². The van der Waals surface area contributed by atoms with Gasteiger partial charge in [-0.1, -0.05) is 18.0 Å². The van der Waals surface area contributed by atoms with Gasteiger partial charge in [0.15, 0.2) is 5.69 Å². The Bertz CT molecular complexity index is 606. The monoisotopic (exact) mass is 379 g/mol. The Morgan fingerprint density at radius 3 is 2.77 bits per heavy atom. The van der Waals surface area contributed by atoms with Gasteiger partial charge < -0.3 is 15.1 Å². The molecule has 3 heterocycles. The molecule has 2 fully saturated rings. The highest BCUT2D eigenvalue weighted by atomic mass is 35.5. The Labute approximate surface area is 161 Å². The highest BCUT2D eigenvalue weighted by Crippen LogP contribution is 2.20. The largest absolute Gasteiger partial charge is 0.351 e. The van der Waals surface area contributed by atoms with Gasteiger partial charge in [0.05, 0.1) is 11.2 Å². The fraction of sp³-hybridized carbons (Fsp3) is 0.737. The number of nitrogens with zero attached hydrogens (tertiary/aromatic N) is 4. The Hall–Kier alpha value is -1.40. The molecule has 6 nitrogen and oxygen atoms in total. The summed E-state index contributed by atoms with van der Waals surface area (Å²) in [5.41, 5.74) is 0.285. The van der Waals surface area contributed by atoms with Crippen molar-refractivity contribution in [1.82, 2.24) is 20.2 Å². The lowest BCUT2D eigenvalue weighted by molar-refractivity contribution is 0.0946. The van der Waals surface area contributed by atoms with Crippen LogP contribution in [0.3, 0.4) is 0 Å². The smallest absolute Gasteiger partial charge is 0.271 e. The van der Waals surface area contributed by atoms with E-state index in [0.29, 0.717) is 23.6 Å². The van der Waals surface area contributed by atoms with E-state index in [4.69, 9.17) is 11.6 Å². The van der Waals surface area contributed by atoms with Crippen molar-refractivity contribution in [3.05, 3.63) is 16.9 Å². The average Bonchev–Trinajstić information content (AvgIpc) is 3.18. The van der Waals surface area contributed by atoms with Crippen molar-refractivity contribution < 1.29 is 4.79 Å². The lowest BCUT2D eigenvalue weighted by Crippen LogP contribution is -2.38. The van der Waals surface area contributed by atoms with Crippen LogP contribution >= 0.6 is 11.6 Å². The third kappa shape index (κ3) is 5.07. The quantitative estimate of drug-likeness (QED) is 0.737. The van der Waals surface area contributed by atoms with Crippen LogP contribution in [0.15, 0.2) is 6.20 Å². The van der Waals surface area contributed by atoms with Crippen LogP contribution in [0.4, 0.5) is 5.95 Å². The Kier molecular flexibility index (Phi) is 7.08. The number of likely N-dealkylation sites (tertiary alicyclic amines) is 1. The van der Waals surface area contributed by atoms with Crippen LogP contribution in [-0.4, -0.2) is 59.5 Å². The van der Waals surface area contributed by atoms with E-state index < -0.39 is 0 Å². The van der Waals surface area contributed by atoms with E-state index in [0.717, 1.165) is 45.3 Å². The third-order valence-corrected chi connectivity index (χ3v) is 5.71. The highest BCUT2D eigenvalue weighted by molar-refractivity contribution is 6.33. The fourth-order valence-electron chi connectivity index (χ4n) is 3.80. The van der Waals surface area contributed by atoms with Gasteiger partial charge in [0, 0.05) is 25.7 Å². The van der Waals surface area contributed by atoms with Gasteiger partial charge in [0.2, 0.25) is 5.95 Å². The predicted octanol–water partition coefficient (Wildman–Crippen LogP) is 3.11. The van der Waals surface area contributed by atoms with Crippen molar-refractivity contribution >= 4 is 23.5 Å². The van der Waals surface area contributed by atoms with Crippen LogP contribution in [0.5, 0.6) is 0 Å². The second-order valence-electron chi connectivity index (χ2n) is 7.40. The standard InChI is InChI=1S/C19H30ClN5O/c1-15-8-2-4-10-24(15)11-5-3-9-21-18(26)17-16(20)14-22-19(23-17)25-12-6-7-13-25/h14-15H,2-13H2,1H3,(H,21,26)/t15-/m1/s1. The van der Waals surface area contributed by atoms with Crippen LogP contribution < -0.4 is 10.2 Å². The highest BCUT2D eigenvalue weighted by Gasteiger charge is 2.20. The SMILES string of the molecule is C[C@@H]1CCCCN1CCCCNC(=O)c1nc(N2CCCC2)ncc1Cl. The number of hydrogen-bond donors (Lipinski definition) is 1. The molecule has 2 aliphatic heterocycles. The van der Waals surface area contributed by atoms with E-state index in [1.807, 2.05) is 0 Å². The van der Waals surface area contributed by atoms with Crippen molar-refractivity contribution in [3.8, 4) is 0 Å². The number of carbonyl (C=O) groups is 1. The van der Waals surface area contributed by atoms with E-state index in [1.165, 1.54) is 32.0 Å². The van der Waals surface area contributed by atoms with Crippen LogP contribution in [0, 0.1) is 0 Å². The molecule has 0 radical (unpaired) electrons. The van der Waals surface area contributed by atoms with Gasteiger partial charge in [-0.3, -0.25) is 4.79 Å². The second kappa shape index (κ2) is 9.51. The fourth-order valence-corrected chi connectivity index (χ4v) is 3.98. The molecule has 0 aromatic carbocycles. The summed E-state index contributed by atoms with van der Waals surface area (Å²) >= 11 is 6.14. The molecule has 0 bridgehead atoms. The Balaban J connectivity index is 1.43. The zero-order valence-electron chi connectivity index (χ0n) is 15.7. The van der Waals surface area contributed by atoms with Crippen LogP contribution in [0.2, 0.25) is 5.02 Å². The topological polar surface area (TPSA) is 61.4 Å². The number of nitrogens with one attached hydrogen (secondary N) is 1. The van der Waals surface area contributed by atoms with Crippen molar-refractivity contribution in [2.24, 2.45) is 0 Å². The molecule has 3 rings (SSSR count). The normalized spacial score (nSPS) is 21.2. The molecule has 1 aromatic rings. The second-order valence-corrected chi connectivity index (χ2v) is 7.81. The maximum atomic E-state index is 12.4. The zero-order chi connectivity index (χ0) is 18.4. The van der Waals surface area contributed by atoms with E-state index in [1.54, 1.807) is 0 Å². The number of amides is 1. The zero-order valence-corrected chi connectivity index (χ0v) is 16.5. The molecule has 1 N–H and O–H groups in total. The van der Waals surface area contributed by atoms with Crippen LogP contribution in [0.1, 0.15) is 62.4 Å². The van der Waals surface area contributed by atoms with E-state index in [9.17, 15) is 4.79 Å². The molecule has 7 heteroatoms. The molecular formula is C19H30ClN5O. The lowest BCUT2D eigenvalue weighted by Gasteiger charge is -2.33. The van der Waals surface area contributed by atoms with Gasteiger partial charge in [0.25, 0.3) is 5.91 Å². The van der Waals surface area contributed by atoms with Crippen molar-refractivity contribution in [1.29, 1.82) is 0 Å². The summed E-state index contributed by atoms with van der Waals surface area (Å²) in [7, 11) is 0. The number of halogens is 1. The van der Waals surface area contributed by atoms with Gasteiger partial charge in [-0.15, -0.1) is 0 Å². The first-order valence-electron chi connectivity index (χ1n) is 9.95. The third-order valence-electron chi connectivity index (χ3n) is 5.43. The van der Waals surface area contributed by atoms with Crippen LogP contribution in [0.25, 0.3) is 0 Å². The van der Waals surface area contributed by atoms with Gasteiger partial charge in [0.1, 0.15) is 0 Å². The molecule has 0 unspecified atom stereocenters. The number of aromatic nitrogens is 2. The summed E-state index contributed by atoms with van der Waals surface area (Å²) in [5, 5.41) is 3.27. The molecule has 0 aliphatic carbocycles. The van der Waals surface area contributed by atoms with E-state index in [2.05, 4.69) is 32.0 Å². The minimum Gasteiger partial charge on any atom is -0.351 e. The minimum atomic E-state index is -0.204. The number of rotatable bonds is 7. The summed E-state index contributed by atoms with van der Waals surface area (Å²) in [4.78, 5) is 25.8. The molecule has 0 spiro atoms. The van der Waals surface area contributed by atoms with Crippen molar-refractivity contribution in [3.63, 3.8) is 0 Å². The average molecular weight is 380 g/mol. The molecule has 1 amide bonds. The predicted molar refractivity (Wildman–Crippen MR) is 105 cm³/mol. The van der Waals surface area contributed by atoms with Crippen LogP contribution in [-0.2, 0) is 0 Å². The van der Waals surface area contributed by atoms with Gasteiger partial charge in [-0.25, -0.2) is 9.97 Å². The first-order chi connectivity index (χ1) is 12.6. The molecular weight excluding hydrogens is 350 g/mol. The summed E-state index contributed by atoms with van der Waals surface area (Å²) in [6.45, 7) is 7.18. The molecule has 0 saturated carbocycles. The Morgan fingerprint density at radius 1 is 1.23 bits per heavy atom. The molecule has 2 saturated heterocycles. The van der Waals surface area contributed by atoms with E-state index >= 15 is 0 Å². The summed E-state index contributed by atoms with van der Waals surface area (Å²) in [5.74, 6) is 0.403. The summed E-state index contributed by atoms with van der Waals surface area (Å²) in [6, 6.07) is 0.696. The number of unbranched alkanes of at least 4 members (excludes halogenated alkanes) is 1. The summed E-state index contributed by atoms with van der Waals surface area (Å²) in [6.07, 6.45) is 9.86. The first-order valence-corrected chi connectivity index (χ1v) is 10.3.